The van der Waals surface area contributed by atoms with Gasteiger partial charge in [0, 0.05) is 46.9 Å². The number of benzene rings is 3. The van der Waals surface area contributed by atoms with Gasteiger partial charge in [-0.05, 0) is 93.4 Å². The van der Waals surface area contributed by atoms with E-state index in [0.29, 0.717) is 36.1 Å². The lowest BCUT2D eigenvalue weighted by Gasteiger charge is -2.35. The second-order valence-electron chi connectivity index (χ2n) is 19.7. The first-order valence-corrected chi connectivity index (χ1v) is 27.7. The number of hydrogen-bond acceptors (Lipinski definition) is 14. The first kappa shape index (κ1) is 60.2. The predicted octanol–water partition coefficient (Wildman–Crippen LogP) is 1.40. The maximum atomic E-state index is 15.0. The van der Waals surface area contributed by atoms with Gasteiger partial charge in [0.15, 0.2) is 0 Å². The van der Waals surface area contributed by atoms with E-state index in [-0.39, 0.29) is 56.6 Å². The lowest BCUT2D eigenvalue weighted by atomic mass is 9.98. The molecule has 21 nitrogen and oxygen atoms in total. The van der Waals surface area contributed by atoms with Crippen LogP contribution >= 0.6 is 21.6 Å². The van der Waals surface area contributed by atoms with Crippen LogP contribution in [-0.4, -0.2) is 134 Å². The molecule has 1 saturated heterocycles. The summed E-state index contributed by atoms with van der Waals surface area (Å²) in [5, 5.41) is 40.2. The molecule has 7 amide bonds. The Bertz CT molecular complexity index is 2620. The third kappa shape index (κ3) is 17.7. The van der Waals surface area contributed by atoms with E-state index in [1.807, 2.05) is 24.3 Å². The number of carbonyl (C=O) groups is 8. The zero-order valence-corrected chi connectivity index (χ0v) is 44.9. The summed E-state index contributed by atoms with van der Waals surface area (Å²) in [7, 11) is 2.10. The monoisotopic (exact) mass is 1090 g/mol. The van der Waals surface area contributed by atoms with Gasteiger partial charge in [-0.2, -0.15) is 0 Å². The topological polar surface area (TPSA) is 355 Å². The van der Waals surface area contributed by atoms with Gasteiger partial charge in [0.25, 0.3) is 0 Å². The number of carboxylic acids is 1. The second kappa shape index (κ2) is 29.0. The number of fused-ring (bicyclic) bond motifs is 1. The van der Waals surface area contributed by atoms with Crippen molar-refractivity contribution >= 4 is 79.8 Å². The fraction of sp³-hybridized carbons (Fsp3) is 0.472. The summed E-state index contributed by atoms with van der Waals surface area (Å²) in [5.74, 6) is -7.71. The van der Waals surface area contributed by atoms with Crippen LogP contribution in [-0.2, 0) is 57.6 Å². The Hall–Kier alpha value is -6.66. The number of unbranched alkanes of at least 4 members (excludes halogenated alkanes) is 1. The molecule has 5 rings (SSSR count). The number of phenols is 1. The van der Waals surface area contributed by atoms with Crippen molar-refractivity contribution in [1.29, 1.82) is 0 Å². The number of aromatic amines is 1. The maximum Gasteiger partial charge on any atom is 0.326 e. The van der Waals surface area contributed by atoms with Gasteiger partial charge in [0.2, 0.25) is 41.4 Å². The number of phenolic OH excluding ortho intramolecular Hbond substituents is 1. The molecule has 0 bridgehead atoms. The average molecular weight is 1090 g/mol. The molecule has 1 aliphatic heterocycles. The molecule has 0 saturated carbocycles. The van der Waals surface area contributed by atoms with Gasteiger partial charge >= 0.3 is 5.97 Å². The quantitative estimate of drug-likeness (QED) is 0.0466. The Morgan fingerprint density at radius 3 is 1.88 bits per heavy atom. The maximum absolute atomic E-state index is 15.0. The van der Waals surface area contributed by atoms with Crippen molar-refractivity contribution in [3.8, 4) is 5.75 Å². The molecule has 0 aliphatic carbocycles. The number of H-pyrrole nitrogens is 1. The van der Waals surface area contributed by atoms with Gasteiger partial charge < -0.3 is 69.6 Å². The van der Waals surface area contributed by atoms with Gasteiger partial charge in [0.05, 0.1) is 6.04 Å². The number of nitrogens with one attached hydrogen (secondary N) is 8. The van der Waals surface area contributed by atoms with Crippen LogP contribution in [0.15, 0.2) is 85.1 Å². The Morgan fingerprint density at radius 2 is 1.26 bits per heavy atom. The first-order chi connectivity index (χ1) is 36.2. The molecule has 1 aliphatic rings. The fourth-order valence-corrected chi connectivity index (χ4v) is 11.3. The van der Waals surface area contributed by atoms with Gasteiger partial charge in [-0.3, -0.25) is 33.6 Å². The lowest BCUT2D eigenvalue weighted by molar-refractivity contribution is -0.143. The Kier molecular flexibility index (Phi) is 23.0. The second-order valence-corrected chi connectivity index (χ2v) is 22.7. The number of aliphatic carboxylic acids is 1. The largest absolute Gasteiger partial charge is 0.508 e. The summed E-state index contributed by atoms with van der Waals surface area (Å²) in [4.78, 5) is 118. The van der Waals surface area contributed by atoms with E-state index in [1.165, 1.54) is 12.1 Å². The molecule has 0 radical (unpaired) electrons. The highest BCUT2D eigenvalue weighted by atomic mass is 33.1. The van der Waals surface area contributed by atoms with Crippen molar-refractivity contribution < 1.29 is 48.6 Å². The van der Waals surface area contributed by atoms with Crippen LogP contribution in [0.25, 0.3) is 10.9 Å². The molecular formula is C53H73N11O10S2. The molecule has 0 unspecified atom stereocenters. The minimum atomic E-state index is -1.46. The predicted molar refractivity (Wildman–Crippen MR) is 293 cm³/mol. The Morgan fingerprint density at radius 1 is 0.711 bits per heavy atom. The van der Waals surface area contributed by atoms with Crippen LogP contribution in [0.4, 0.5) is 0 Å². The van der Waals surface area contributed by atoms with Crippen LogP contribution in [0, 0.1) is 5.92 Å². The summed E-state index contributed by atoms with van der Waals surface area (Å²) in [6.45, 7) is 7.02. The van der Waals surface area contributed by atoms with E-state index >= 15 is 0 Å². The number of carboxylic acid groups (broad SMARTS) is 1. The van der Waals surface area contributed by atoms with Gasteiger partial charge in [0.1, 0.15) is 48.0 Å². The third-order valence-electron chi connectivity index (χ3n) is 12.9. The average Bonchev–Trinajstić information content (AvgIpc) is 3.79. The zero-order valence-electron chi connectivity index (χ0n) is 43.3. The van der Waals surface area contributed by atoms with Gasteiger partial charge in [-0.25, -0.2) is 4.79 Å². The molecule has 3 aromatic carbocycles. The Labute approximate surface area is 450 Å². The van der Waals surface area contributed by atoms with E-state index < -0.39 is 106 Å². The van der Waals surface area contributed by atoms with E-state index in [2.05, 4.69) is 42.2 Å². The lowest BCUT2D eigenvalue weighted by Crippen LogP contribution is -2.63. The minimum Gasteiger partial charge on any atom is -0.508 e. The number of aromatic hydroxyl groups is 1. The highest BCUT2D eigenvalue weighted by molar-refractivity contribution is 8.77. The molecule has 76 heavy (non-hydrogen) atoms. The van der Waals surface area contributed by atoms with E-state index in [9.17, 15) is 48.6 Å². The molecule has 412 valence electrons. The van der Waals surface area contributed by atoms with Crippen molar-refractivity contribution in [3.05, 3.63) is 102 Å². The normalized spacial score (nSPS) is 22.0. The molecule has 1 fully saturated rings. The van der Waals surface area contributed by atoms with E-state index in [4.69, 9.17) is 17.2 Å². The highest BCUT2D eigenvalue weighted by Crippen LogP contribution is 2.39. The molecule has 4 aromatic rings. The van der Waals surface area contributed by atoms with Crippen LogP contribution in [0.1, 0.15) is 76.5 Å². The number of hydrogen-bond donors (Lipinski definition) is 13. The van der Waals surface area contributed by atoms with Crippen LogP contribution < -0.4 is 54.4 Å². The molecule has 0 spiro atoms. The van der Waals surface area contributed by atoms with Crippen molar-refractivity contribution in [3.63, 3.8) is 0 Å². The summed E-state index contributed by atoms with van der Waals surface area (Å²) >= 11 is 0. The molecule has 23 heteroatoms. The summed E-state index contributed by atoms with van der Waals surface area (Å²) in [6.07, 6.45) is 3.01. The van der Waals surface area contributed by atoms with Crippen LogP contribution in [0.5, 0.6) is 5.75 Å². The highest BCUT2D eigenvalue weighted by Gasteiger charge is 2.42. The third-order valence-corrected chi connectivity index (χ3v) is 16.2. The zero-order chi connectivity index (χ0) is 55.5. The summed E-state index contributed by atoms with van der Waals surface area (Å²) < 4.78 is -1.28. The van der Waals surface area contributed by atoms with Crippen molar-refractivity contribution in [2.24, 2.45) is 23.1 Å². The van der Waals surface area contributed by atoms with Crippen LogP contribution in [0.3, 0.4) is 0 Å². The van der Waals surface area contributed by atoms with Crippen molar-refractivity contribution in [2.45, 2.75) is 132 Å². The Balaban J connectivity index is 1.65. The number of para-hydroxylation sites is 1. The summed E-state index contributed by atoms with van der Waals surface area (Å²) in [5.41, 5.74) is 20.5. The molecule has 1 aromatic heterocycles. The van der Waals surface area contributed by atoms with Gasteiger partial charge in [-0.1, -0.05) is 103 Å². The number of rotatable bonds is 19. The first-order valence-electron chi connectivity index (χ1n) is 25.4. The van der Waals surface area contributed by atoms with Crippen LogP contribution in [0.2, 0.25) is 0 Å². The van der Waals surface area contributed by atoms with E-state index in [1.54, 1.807) is 76.4 Å². The minimum absolute atomic E-state index is 0.00763. The van der Waals surface area contributed by atoms with Crippen molar-refractivity contribution in [2.75, 3.05) is 18.8 Å². The van der Waals surface area contributed by atoms with Crippen molar-refractivity contribution in [1.82, 2.24) is 42.2 Å². The molecule has 16 N–H and O–H groups in total. The SMILES string of the molecule is CC(C)[C@H](NC(=O)[C@@H]1CSSC(C)(C)[C@H](NC(=O)[C@@H](N)CCCCN)C(=O)N[C@@H](Cc2ccccc2)C(=O)N[C@H](Cc2c[nH]c3ccccc23)C(=O)N[C@@H](CCCN)C(=O)N[C@@H](Cc2ccc(O)cc2)C(=O)N1)C(=O)O. The molecule has 2 heterocycles. The summed E-state index contributed by atoms with van der Waals surface area (Å²) in [6, 6.07) is 11.3. The molecule has 8 atom stereocenters. The standard InChI is InChI=1S/C53H73N11O10S2/c1-30(2)43(52(73)74)63-50(71)42-29-75-76-53(3,4)44(64-45(66)36(56)16-10-11-23-54)51(72)61-40(25-31-13-6-5-7-14-31)47(68)60-41(27-33-28-57-37-17-9-8-15-35(33)37)49(70)58-38(18-12-24-55)46(67)59-39(48(69)62-42)26-32-19-21-34(65)22-20-32/h5-9,13-15,17,19-22,28,30,36,38-44,57,65H,10-12,16,18,23-27,29,54-56H2,1-4H3,(H,58,70)(H,59,67)(H,60,68)(H,61,72)(H,62,69)(H,63,71)(H,64,66)(H,73,74)/t36-,38-,39-,40-,41+,42-,43-,44+/m0/s1. The number of carbonyl (C=O) groups excluding carboxylic acids is 7. The number of nitrogens with two attached hydrogens (primary N) is 3. The fourth-order valence-electron chi connectivity index (χ4n) is 8.50. The number of aromatic nitrogens is 1. The molecular weight excluding hydrogens is 1010 g/mol. The van der Waals surface area contributed by atoms with Gasteiger partial charge in [-0.15, -0.1) is 0 Å². The number of amides is 7. The smallest absolute Gasteiger partial charge is 0.326 e. The van der Waals surface area contributed by atoms with E-state index in [0.717, 1.165) is 32.5 Å².